The average Bonchev–Trinajstić information content (AvgIpc) is 3.07. The van der Waals surface area contributed by atoms with E-state index in [2.05, 4.69) is 5.32 Å². The van der Waals surface area contributed by atoms with Crippen molar-refractivity contribution in [1.82, 2.24) is 10.2 Å². The highest BCUT2D eigenvalue weighted by Gasteiger charge is 2.35. The normalized spacial score (nSPS) is 11.8. The number of carbonyl (C=O) groups excluding carboxylic acids is 2. The second-order valence-electron chi connectivity index (χ2n) is 10.3. The Morgan fingerprint density at radius 1 is 0.891 bits per heavy atom. The topological polar surface area (TPSA) is 96.0 Å². The standard InChI is InChI=1S/C35H38FN3O5S2/c1-4-37-35(41)32(23-26-13-7-6-8-14-26)38(24-27-15-9-10-16-30(27)36)34(40)25-39(31-17-11-12-18-33(31)44-5-2)46(42,43)29-21-19-28(45-3)20-22-29/h6-22,32H,4-5,23-25H2,1-3H3,(H,37,41)/t32-/m1/s1. The molecule has 0 aliphatic rings. The van der Waals surface area contributed by atoms with Gasteiger partial charge in [0.05, 0.1) is 17.2 Å². The lowest BCUT2D eigenvalue weighted by Crippen LogP contribution is -2.53. The van der Waals surface area contributed by atoms with E-state index in [4.69, 9.17) is 4.74 Å². The number of likely N-dealkylation sites (N-methyl/N-ethyl adjacent to an activating group) is 1. The lowest BCUT2D eigenvalue weighted by molar-refractivity contribution is -0.140. The SMILES string of the molecule is CCNC(=O)[C@@H](Cc1ccccc1)N(Cc1ccccc1F)C(=O)CN(c1ccccc1OCC)S(=O)(=O)c1ccc(SC)cc1. The Bertz CT molecular complexity index is 1720. The predicted molar refractivity (Wildman–Crippen MR) is 180 cm³/mol. The van der Waals surface area contributed by atoms with Crippen LogP contribution in [-0.4, -0.2) is 57.1 Å². The summed E-state index contributed by atoms with van der Waals surface area (Å²) in [6.07, 6.45) is 2.02. The number of thioether (sulfide) groups is 1. The van der Waals surface area contributed by atoms with Crippen LogP contribution in [0.4, 0.5) is 10.1 Å². The van der Waals surface area contributed by atoms with E-state index in [1.54, 1.807) is 62.4 Å². The number of ether oxygens (including phenoxy) is 1. The molecule has 4 aromatic carbocycles. The number of amides is 2. The Labute approximate surface area is 274 Å². The molecule has 4 rings (SSSR count). The number of hydrogen-bond donors (Lipinski definition) is 1. The van der Waals surface area contributed by atoms with Crippen molar-refractivity contribution in [3.63, 3.8) is 0 Å². The van der Waals surface area contributed by atoms with Gasteiger partial charge in [-0.25, -0.2) is 12.8 Å². The Morgan fingerprint density at radius 2 is 1.54 bits per heavy atom. The molecule has 0 aromatic heterocycles. The largest absolute Gasteiger partial charge is 0.492 e. The van der Waals surface area contributed by atoms with Crippen molar-refractivity contribution < 1.29 is 27.1 Å². The van der Waals surface area contributed by atoms with Crippen molar-refractivity contribution in [3.8, 4) is 5.75 Å². The Kier molecular flexibility index (Phi) is 12.2. The molecule has 0 heterocycles. The number of rotatable bonds is 15. The molecular weight excluding hydrogens is 626 g/mol. The summed E-state index contributed by atoms with van der Waals surface area (Å²) < 4.78 is 50.4. The van der Waals surface area contributed by atoms with Crippen molar-refractivity contribution >= 4 is 39.3 Å². The third kappa shape index (κ3) is 8.46. The van der Waals surface area contributed by atoms with Gasteiger partial charge in [-0.05, 0) is 68.1 Å². The molecule has 0 saturated heterocycles. The summed E-state index contributed by atoms with van der Waals surface area (Å²) in [4.78, 5) is 30.2. The highest BCUT2D eigenvalue weighted by molar-refractivity contribution is 7.98. The van der Waals surface area contributed by atoms with Crippen LogP contribution < -0.4 is 14.4 Å². The molecule has 1 atom stereocenters. The van der Waals surface area contributed by atoms with E-state index in [9.17, 15) is 18.0 Å². The zero-order valence-corrected chi connectivity index (χ0v) is 27.7. The lowest BCUT2D eigenvalue weighted by Gasteiger charge is -2.34. The molecule has 242 valence electrons. The number of nitrogens with zero attached hydrogens (tertiary/aromatic N) is 2. The first-order chi connectivity index (χ1) is 22.2. The van der Waals surface area contributed by atoms with Gasteiger partial charge in [0.2, 0.25) is 11.8 Å². The highest BCUT2D eigenvalue weighted by Crippen LogP contribution is 2.33. The smallest absolute Gasteiger partial charge is 0.264 e. The fraction of sp³-hybridized carbons (Fsp3) is 0.257. The van der Waals surface area contributed by atoms with E-state index in [1.807, 2.05) is 36.6 Å². The summed E-state index contributed by atoms with van der Waals surface area (Å²) in [5, 5.41) is 2.80. The van der Waals surface area contributed by atoms with Gasteiger partial charge in [-0.3, -0.25) is 13.9 Å². The summed E-state index contributed by atoms with van der Waals surface area (Å²) in [6, 6.07) is 27.1. The van der Waals surface area contributed by atoms with Crippen molar-refractivity contribution in [2.75, 3.05) is 30.3 Å². The van der Waals surface area contributed by atoms with Crippen LogP contribution in [0, 0.1) is 5.82 Å². The fourth-order valence-corrected chi connectivity index (χ4v) is 6.82. The van der Waals surface area contributed by atoms with Gasteiger partial charge in [0.1, 0.15) is 24.2 Å². The lowest BCUT2D eigenvalue weighted by atomic mass is 10.0. The maximum atomic E-state index is 15.0. The minimum absolute atomic E-state index is 0.0189. The number of halogens is 1. The molecule has 1 N–H and O–H groups in total. The molecule has 2 amide bonds. The van der Waals surface area contributed by atoms with Gasteiger partial charge in [-0.15, -0.1) is 11.8 Å². The predicted octanol–water partition coefficient (Wildman–Crippen LogP) is 5.92. The Balaban J connectivity index is 1.84. The van der Waals surface area contributed by atoms with Crippen LogP contribution in [0.5, 0.6) is 5.75 Å². The van der Waals surface area contributed by atoms with E-state index >= 15 is 4.39 Å². The van der Waals surface area contributed by atoms with Gasteiger partial charge in [0.15, 0.2) is 0 Å². The minimum Gasteiger partial charge on any atom is -0.492 e. The summed E-state index contributed by atoms with van der Waals surface area (Å²) >= 11 is 1.47. The Hall–Kier alpha value is -4.35. The quantitative estimate of drug-likeness (QED) is 0.159. The van der Waals surface area contributed by atoms with E-state index in [1.165, 1.54) is 40.9 Å². The van der Waals surface area contributed by atoms with E-state index in [0.29, 0.717) is 6.54 Å². The van der Waals surface area contributed by atoms with E-state index in [-0.39, 0.29) is 41.5 Å². The molecule has 0 fully saturated rings. The number of anilines is 1. The molecule has 11 heteroatoms. The minimum atomic E-state index is -4.32. The van der Waals surface area contributed by atoms with Crippen LogP contribution >= 0.6 is 11.8 Å². The van der Waals surface area contributed by atoms with Crippen LogP contribution in [0.3, 0.4) is 0 Å². The second kappa shape index (κ2) is 16.3. The van der Waals surface area contributed by atoms with Gasteiger partial charge < -0.3 is 15.0 Å². The fourth-order valence-electron chi connectivity index (χ4n) is 4.99. The van der Waals surface area contributed by atoms with Crippen LogP contribution in [-0.2, 0) is 32.6 Å². The Morgan fingerprint density at radius 3 is 2.20 bits per heavy atom. The van der Waals surface area contributed by atoms with Gasteiger partial charge >= 0.3 is 0 Å². The van der Waals surface area contributed by atoms with Gasteiger partial charge in [-0.2, -0.15) is 0 Å². The molecular formula is C35H38FN3O5S2. The van der Waals surface area contributed by atoms with Gasteiger partial charge in [-0.1, -0.05) is 60.7 Å². The van der Waals surface area contributed by atoms with Crippen molar-refractivity contribution in [1.29, 1.82) is 0 Å². The first kappa shape index (κ1) is 34.5. The van der Waals surface area contributed by atoms with Crippen LogP contribution in [0.15, 0.2) is 113 Å². The summed E-state index contributed by atoms with van der Waals surface area (Å²) in [7, 11) is -4.32. The molecule has 0 saturated carbocycles. The average molecular weight is 664 g/mol. The molecule has 0 bridgehead atoms. The number of hydrogen-bond acceptors (Lipinski definition) is 6. The molecule has 0 aliphatic heterocycles. The maximum Gasteiger partial charge on any atom is 0.264 e. The molecule has 0 aliphatic carbocycles. The van der Waals surface area contributed by atoms with Crippen molar-refractivity contribution in [2.24, 2.45) is 0 Å². The number of carbonyl (C=O) groups is 2. The monoisotopic (exact) mass is 663 g/mol. The van der Waals surface area contributed by atoms with Crippen LogP contribution in [0.25, 0.3) is 0 Å². The number of nitrogens with one attached hydrogen (secondary N) is 1. The third-order valence-electron chi connectivity index (χ3n) is 7.28. The van der Waals surface area contributed by atoms with Gasteiger partial charge in [0.25, 0.3) is 10.0 Å². The zero-order valence-electron chi connectivity index (χ0n) is 26.1. The molecule has 0 unspecified atom stereocenters. The third-order valence-corrected chi connectivity index (χ3v) is 9.80. The van der Waals surface area contributed by atoms with Crippen LogP contribution in [0.2, 0.25) is 0 Å². The second-order valence-corrected chi connectivity index (χ2v) is 13.0. The van der Waals surface area contributed by atoms with E-state index < -0.39 is 40.2 Å². The summed E-state index contributed by atoms with van der Waals surface area (Å²) in [5.74, 6) is -1.40. The van der Waals surface area contributed by atoms with E-state index in [0.717, 1.165) is 14.8 Å². The first-order valence-electron chi connectivity index (χ1n) is 14.9. The molecule has 0 spiro atoms. The summed E-state index contributed by atoms with van der Waals surface area (Å²) in [6.45, 7) is 3.18. The molecule has 46 heavy (non-hydrogen) atoms. The zero-order chi connectivity index (χ0) is 33.1. The van der Waals surface area contributed by atoms with Crippen molar-refractivity contribution in [2.45, 2.75) is 42.6 Å². The number of benzene rings is 4. The first-order valence-corrected chi connectivity index (χ1v) is 17.6. The highest BCUT2D eigenvalue weighted by atomic mass is 32.2. The summed E-state index contributed by atoms with van der Waals surface area (Å²) in [5.41, 5.74) is 1.13. The molecule has 8 nitrogen and oxygen atoms in total. The molecule has 0 radical (unpaired) electrons. The molecule has 4 aromatic rings. The van der Waals surface area contributed by atoms with Crippen molar-refractivity contribution in [3.05, 3.63) is 120 Å². The van der Waals surface area contributed by atoms with Gasteiger partial charge in [0, 0.05) is 30.0 Å². The number of para-hydroxylation sites is 2. The van der Waals surface area contributed by atoms with Crippen LogP contribution in [0.1, 0.15) is 25.0 Å². The maximum absolute atomic E-state index is 15.0. The number of sulfonamides is 1.